The van der Waals surface area contributed by atoms with Gasteiger partial charge in [-0.1, -0.05) is 23.2 Å². The fraction of sp³-hybridized carbons (Fsp3) is 0.857. The number of unbranched alkanes of at least 4 members (excludes halogenated alkanes) is 2. The van der Waals surface area contributed by atoms with Gasteiger partial charge in [-0.25, -0.2) is 0 Å². The zero-order valence-corrected chi connectivity index (χ0v) is 19.8. The van der Waals surface area contributed by atoms with Crippen molar-refractivity contribution in [3.63, 3.8) is 0 Å². The fourth-order valence-electron chi connectivity index (χ4n) is 0.729. The molecule has 0 aromatic heterocycles. The molecule has 0 unspecified atom stereocenters. The number of alkyl halides is 6. The molecule has 0 aliphatic carbocycles. The maximum Gasteiger partial charge on any atom is 0.383 e. The number of halogens is 6. The molecule has 0 amide bonds. The van der Waals surface area contributed by atoms with E-state index in [4.69, 9.17) is 19.8 Å². The molecule has 0 fully saturated rings. The molecule has 0 aromatic rings. The predicted molar refractivity (Wildman–Crippen MR) is 92.9 cm³/mol. The van der Waals surface area contributed by atoms with Crippen LogP contribution in [0, 0.1) is 0 Å². The van der Waals surface area contributed by atoms with Crippen molar-refractivity contribution in [2.45, 2.75) is 72.2 Å². The van der Waals surface area contributed by atoms with Gasteiger partial charge in [0.1, 0.15) is 0 Å². The van der Waals surface area contributed by atoms with Crippen LogP contribution < -0.4 is 10.2 Å². The average molecular weight is 538 g/mol. The Kier molecular flexibility index (Phi) is 27.3. The van der Waals surface area contributed by atoms with Crippen LogP contribution in [0.5, 0.6) is 0 Å². The van der Waals surface area contributed by atoms with Crippen molar-refractivity contribution in [2.75, 3.05) is 0 Å². The molecule has 150 valence electrons. The molecular formula is C14H24Cl3F3O4Sn. The molecule has 0 atom stereocenters. The quantitative estimate of drug-likeness (QED) is 0.282. The van der Waals surface area contributed by atoms with Gasteiger partial charge in [0.2, 0.25) is 0 Å². The van der Waals surface area contributed by atoms with E-state index in [1.165, 1.54) is 25.7 Å². The van der Waals surface area contributed by atoms with Crippen LogP contribution in [0.4, 0.5) is 13.2 Å². The first kappa shape index (κ1) is 33.0. The third-order valence-corrected chi connectivity index (χ3v) is 6.70. The summed E-state index contributed by atoms with van der Waals surface area (Å²) in [4.78, 5) is 17.8. The Bertz CT molecular complexity index is 287. The van der Waals surface area contributed by atoms with E-state index in [0.717, 1.165) is 13.8 Å². The van der Waals surface area contributed by atoms with Crippen LogP contribution in [-0.4, -0.2) is 43.0 Å². The molecule has 0 bridgehead atoms. The summed E-state index contributed by atoms with van der Waals surface area (Å²) in [5.74, 6) is -2.17. The van der Waals surface area contributed by atoms with E-state index in [2.05, 4.69) is 48.7 Å². The second-order valence-corrected chi connectivity index (χ2v) is 10.4. The first-order valence-corrected chi connectivity index (χ1v) is 12.5. The smallest absolute Gasteiger partial charge is 0.199 e. The Morgan fingerprint density at radius 3 is 1.20 bits per heavy atom. The van der Waals surface area contributed by atoms with Crippen LogP contribution in [0.2, 0.25) is 8.87 Å². The fourth-order valence-corrected chi connectivity index (χ4v) is 4.89. The molecule has 25 heavy (non-hydrogen) atoms. The summed E-state index contributed by atoms with van der Waals surface area (Å²) in [7, 11) is 0. The van der Waals surface area contributed by atoms with E-state index in [1.54, 1.807) is 8.87 Å². The second kappa shape index (κ2) is 20.7. The maximum atomic E-state index is 11.5. The Hall–Kier alpha value is 0.399. The zero-order valence-electron chi connectivity index (χ0n) is 14.6. The molecule has 0 rings (SSSR count). The summed E-state index contributed by atoms with van der Waals surface area (Å²) in [6.45, 7) is 6.53. The van der Waals surface area contributed by atoms with Crippen LogP contribution in [0.1, 0.15) is 53.4 Å². The summed E-state index contributed by atoms with van der Waals surface area (Å²) in [6, 6.07) is 0. The van der Waals surface area contributed by atoms with Gasteiger partial charge in [0, 0.05) is 11.9 Å². The van der Waals surface area contributed by atoms with Gasteiger partial charge in [0.05, 0.1) is 0 Å². The van der Waals surface area contributed by atoms with Crippen molar-refractivity contribution in [3.05, 3.63) is 0 Å². The van der Waals surface area contributed by atoms with Crippen LogP contribution in [0.25, 0.3) is 0 Å². The van der Waals surface area contributed by atoms with Crippen LogP contribution >= 0.6 is 34.8 Å². The summed E-state index contributed by atoms with van der Waals surface area (Å²) in [5.41, 5.74) is 0. The number of hydrogen-bond acceptors (Lipinski definition) is 4. The number of hydrogen-bond donors (Lipinski definition) is 0. The van der Waals surface area contributed by atoms with Crippen molar-refractivity contribution in [1.82, 2.24) is 0 Å². The van der Waals surface area contributed by atoms with Crippen molar-refractivity contribution in [2.24, 2.45) is 0 Å². The first-order chi connectivity index (χ1) is 11.1. The van der Waals surface area contributed by atoms with Crippen molar-refractivity contribution in [1.29, 1.82) is 0 Å². The van der Waals surface area contributed by atoms with E-state index < -0.39 is 21.9 Å². The number of aliphatic carboxylic acids is 2. The standard InChI is InChI=1S/2C4H9.C2Cl3F3.2C2H4O2.Sn/c2*1-3-4-2;3-1(4,6)2(5,7)8;2*1-2(3)4;/h2*1,3-4H2,2H3;;2*1H3,(H,3,4);/q;;;;;+2/p-2. The third kappa shape index (κ3) is 51.6. The number of carbonyl (C=O) groups is 2. The van der Waals surface area contributed by atoms with Gasteiger partial charge in [0.25, 0.3) is 0 Å². The van der Waals surface area contributed by atoms with Gasteiger partial charge >= 0.3 is 79.5 Å². The van der Waals surface area contributed by atoms with Crippen molar-refractivity contribution >= 4 is 67.9 Å². The van der Waals surface area contributed by atoms with Gasteiger partial charge in [-0.15, -0.1) is 0 Å². The Morgan fingerprint density at radius 1 is 0.880 bits per heavy atom. The van der Waals surface area contributed by atoms with Gasteiger partial charge in [-0.05, 0) is 25.4 Å². The van der Waals surface area contributed by atoms with Gasteiger partial charge in [-0.3, -0.25) is 0 Å². The average Bonchev–Trinajstić information content (AvgIpc) is 2.35. The maximum absolute atomic E-state index is 11.5. The monoisotopic (exact) mass is 538 g/mol. The van der Waals surface area contributed by atoms with E-state index in [9.17, 15) is 13.2 Å². The van der Waals surface area contributed by atoms with Crippen LogP contribution in [0.15, 0.2) is 0 Å². The molecule has 0 aliphatic heterocycles. The number of rotatable bonds is 7. The van der Waals surface area contributed by atoms with Crippen molar-refractivity contribution in [3.8, 4) is 0 Å². The Balaban J connectivity index is -0.000000126. The molecule has 4 nitrogen and oxygen atoms in total. The number of carboxylic acid groups (broad SMARTS) is 2. The van der Waals surface area contributed by atoms with Gasteiger partial charge < -0.3 is 19.8 Å². The summed E-state index contributed by atoms with van der Waals surface area (Å²) in [5, 5.41) is 13.6. The van der Waals surface area contributed by atoms with Gasteiger partial charge in [0.15, 0.2) is 0 Å². The second-order valence-electron chi connectivity index (χ2n) is 4.44. The summed E-state index contributed by atoms with van der Waals surface area (Å²) >= 11 is 12.6. The number of carboxylic acids is 2. The predicted octanol–water partition coefficient (Wildman–Crippen LogP) is 3.56. The van der Waals surface area contributed by atoms with Crippen molar-refractivity contribution < 1.29 is 33.0 Å². The molecule has 0 spiro atoms. The molecule has 0 aromatic carbocycles. The largest absolute Gasteiger partial charge is 0.383 e. The normalized spacial score (nSPS) is 9.84. The molecule has 0 radical (unpaired) electrons. The Labute approximate surface area is 172 Å². The van der Waals surface area contributed by atoms with Crippen LogP contribution in [-0.2, 0) is 9.59 Å². The number of carbonyl (C=O) groups excluding carboxylic acids is 2. The minimum atomic E-state index is -4.23. The van der Waals surface area contributed by atoms with Gasteiger partial charge in [-0.2, -0.15) is 13.2 Å². The van der Waals surface area contributed by atoms with E-state index in [1.807, 2.05) is 0 Å². The first-order valence-electron chi connectivity index (χ1n) is 7.32. The van der Waals surface area contributed by atoms with E-state index >= 15 is 0 Å². The minimum absolute atomic E-state index is 0.149. The molecule has 11 heteroatoms. The Morgan fingerprint density at radius 2 is 1.08 bits per heavy atom. The molecular weight excluding hydrogens is 514 g/mol. The van der Waals surface area contributed by atoms with Crippen LogP contribution in [0.3, 0.4) is 0 Å². The third-order valence-electron chi connectivity index (χ3n) is 1.74. The zero-order chi connectivity index (χ0) is 21.1. The molecule has 0 saturated heterocycles. The summed E-state index contributed by atoms with van der Waals surface area (Å²) < 4.78 is 33.8. The minimum Gasteiger partial charge on any atom is -0.199 e. The topological polar surface area (TPSA) is 80.3 Å². The SMILES string of the molecule is CC(=O)[O-].CC(=O)[O-].CCC[CH2][Sn+2][CH2]CCC.FC(F)(Cl)C(F)(Cl)Cl. The molecule has 0 heterocycles. The molecule has 0 aliphatic rings. The molecule has 0 N–H and O–H groups in total. The van der Waals surface area contributed by atoms with E-state index in [0.29, 0.717) is 0 Å². The van der Waals surface area contributed by atoms with E-state index in [-0.39, 0.29) is 21.1 Å². The summed E-state index contributed by atoms with van der Waals surface area (Å²) in [6.07, 6.45) is 5.84. The molecule has 0 saturated carbocycles.